The second-order valence-corrected chi connectivity index (χ2v) is 7.85. The fourth-order valence-corrected chi connectivity index (χ4v) is 4.45. The number of aromatic nitrogens is 3. The van der Waals surface area contributed by atoms with Crippen molar-refractivity contribution in [2.24, 2.45) is 0 Å². The van der Waals surface area contributed by atoms with Gasteiger partial charge < -0.3 is 14.8 Å². The minimum Gasteiger partial charge on any atom is -0.497 e. The van der Waals surface area contributed by atoms with E-state index in [-0.39, 0.29) is 11.6 Å². The topological polar surface area (TPSA) is 61.2 Å². The van der Waals surface area contributed by atoms with Crippen LogP contribution in [0.4, 0.5) is 14.7 Å². The fraction of sp³-hybridized carbons (Fsp3) is 0.120. The molecule has 0 spiro atoms. The van der Waals surface area contributed by atoms with Gasteiger partial charge in [0.1, 0.15) is 41.6 Å². The lowest BCUT2D eigenvalue weighted by Crippen LogP contribution is -2.32. The molecule has 0 unspecified atom stereocenters. The van der Waals surface area contributed by atoms with Crippen LogP contribution >= 0.6 is 0 Å². The smallest absolute Gasteiger partial charge is 0.226 e. The van der Waals surface area contributed by atoms with E-state index in [1.165, 1.54) is 30.6 Å². The van der Waals surface area contributed by atoms with E-state index in [1.807, 2.05) is 18.2 Å². The highest BCUT2D eigenvalue weighted by molar-refractivity contribution is 5.85. The Morgan fingerprint density at radius 3 is 2.33 bits per heavy atom. The van der Waals surface area contributed by atoms with Gasteiger partial charge in [-0.15, -0.1) is 0 Å². The molecule has 0 amide bonds. The lowest BCUT2D eigenvalue weighted by atomic mass is 9.84. The van der Waals surface area contributed by atoms with Crippen LogP contribution in [0.1, 0.15) is 28.8 Å². The maximum atomic E-state index is 13.7. The molecule has 6 rings (SSSR count). The number of nitrogens with one attached hydrogen (secondary N) is 1. The molecule has 33 heavy (non-hydrogen) atoms. The molecule has 3 aromatic carbocycles. The zero-order valence-corrected chi connectivity index (χ0v) is 17.5. The summed E-state index contributed by atoms with van der Waals surface area (Å²) in [5, 5.41) is 7.83. The van der Waals surface area contributed by atoms with Gasteiger partial charge in [-0.05, 0) is 47.5 Å². The number of anilines is 1. The number of fused-ring (bicyclic) bond motifs is 3. The highest BCUT2D eigenvalue weighted by Gasteiger charge is 2.41. The Kier molecular flexibility index (Phi) is 4.39. The van der Waals surface area contributed by atoms with Crippen LogP contribution in [0.2, 0.25) is 0 Å². The van der Waals surface area contributed by atoms with Gasteiger partial charge in [0.2, 0.25) is 5.95 Å². The van der Waals surface area contributed by atoms with Gasteiger partial charge in [0.25, 0.3) is 0 Å². The summed E-state index contributed by atoms with van der Waals surface area (Å²) in [6, 6.07) is 17.7. The van der Waals surface area contributed by atoms with Crippen LogP contribution in [-0.4, -0.2) is 21.9 Å². The molecule has 164 valence electrons. The van der Waals surface area contributed by atoms with Crippen LogP contribution in [0.15, 0.2) is 78.6 Å². The van der Waals surface area contributed by atoms with Crippen molar-refractivity contribution in [3.05, 3.63) is 107 Å². The maximum Gasteiger partial charge on any atom is 0.226 e. The first kappa shape index (κ1) is 19.5. The molecule has 1 N–H and O–H groups in total. The first-order valence-electron chi connectivity index (χ1n) is 10.4. The summed E-state index contributed by atoms with van der Waals surface area (Å²) >= 11 is 0. The van der Waals surface area contributed by atoms with Gasteiger partial charge in [0, 0.05) is 17.2 Å². The molecule has 2 atom stereocenters. The fourth-order valence-electron chi connectivity index (χ4n) is 4.45. The molecular weight excluding hydrogens is 426 g/mol. The number of hydrogen-bond acceptors (Lipinski definition) is 5. The third-order valence-electron chi connectivity index (χ3n) is 5.98. The van der Waals surface area contributed by atoms with Crippen LogP contribution in [0.5, 0.6) is 11.5 Å². The zero-order chi connectivity index (χ0) is 22.5. The van der Waals surface area contributed by atoms with Gasteiger partial charge in [-0.1, -0.05) is 24.3 Å². The SMILES string of the molecule is COc1ccc2c(c1)O[C@@H](c1ccc(F)cc1)C1=C2Nc2ncnn2[C@@H]1c1ccc(F)cc1. The number of ether oxygens (including phenoxy) is 2. The lowest BCUT2D eigenvalue weighted by molar-refractivity contribution is 0.222. The maximum absolute atomic E-state index is 13.7. The van der Waals surface area contributed by atoms with Crippen molar-refractivity contribution < 1.29 is 18.3 Å². The van der Waals surface area contributed by atoms with E-state index in [4.69, 9.17) is 9.47 Å². The molecule has 0 radical (unpaired) electrons. The quantitative estimate of drug-likeness (QED) is 0.475. The average molecular weight is 444 g/mol. The van der Waals surface area contributed by atoms with Crippen molar-refractivity contribution in [3.63, 3.8) is 0 Å². The molecule has 6 nitrogen and oxygen atoms in total. The second-order valence-electron chi connectivity index (χ2n) is 7.85. The molecular formula is C25H18F2N4O2. The summed E-state index contributed by atoms with van der Waals surface area (Å²) in [5.74, 6) is 1.18. The number of benzene rings is 3. The normalized spacial score (nSPS) is 18.5. The van der Waals surface area contributed by atoms with E-state index in [9.17, 15) is 8.78 Å². The van der Waals surface area contributed by atoms with Gasteiger partial charge in [0.15, 0.2) is 0 Å². The predicted molar refractivity (Wildman–Crippen MR) is 118 cm³/mol. The van der Waals surface area contributed by atoms with Crippen molar-refractivity contribution in [1.82, 2.24) is 14.8 Å². The molecule has 1 aromatic heterocycles. The average Bonchev–Trinajstić information content (AvgIpc) is 3.31. The Morgan fingerprint density at radius 2 is 1.64 bits per heavy atom. The minimum absolute atomic E-state index is 0.326. The standard InChI is InChI=1S/C25H18F2N4O2/c1-32-18-10-11-19-20(12-18)33-24(15-4-8-17(27)9-5-15)21-22(19)30-25-28-13-29-31(25)23(21)14-2-6-16(26)7-3-14/h2-13,23-24H,1H3,(H,28,29,30)/t23-,24+/m1/s1. The number of nitrogens with zero attached hydrogens (tertiary/aromatic N) is 3. The monoisotopic (exact) mass is 444 g/mol. The van der Waals surface area contributed by atoms with Gasteiger partial charge in [-0.25, -0.2) is 13.5 Å². The van der Waals surface area contributed by atoms with Crippen molar-refractivity contribution >= 4 is 11.6 Å². The van der Waals surface area contributed by atoms with E-state index in [0.29, 0.717) is 17.4 Å². The summed E-state index contributed by atoms with van der Waals surface area (Å²) in [4.78, 5) is 4.37. The van der Waals surface area contributed by atoms with Crippen LogP contribution in [0.25, 0.3) is 5.70 Å². The molecule has 0 aliphatic carbocycles. The predicted octanol–water partition coefficient (Wildman–Crippen LogP) is 5.12. The summed E-state index contributed by atoms with van der Waals surface area (Å²) in [6.45, 7) is 0. The van der Waals surface area contributed by atoms with E-state index in [1.54, 1.807) is 36.1 Å². The van der Waals surface area contributed by atoms with Crippen LogP contribution < -0.4 is 14.8 Å². The highest BCUT2D eigenvalue weighted by atomic mass is 19.1. The summed E-state index contributed by atoms with van der Waals surface area (Å²) in [7, 11) is 1.60. The van der Waals surface area contributed by atoms with E-state index >= 15 is 0 Å². The van der Waals surface area contributed by atoms with Gasteiger partial charge >= 0.3 is 0 Å². The van der Waals surface area contributed by atoms with Crippen molar-refractivity contribution in [3.8, 4) is 11.5 Å². The molecule has 8 heteroatoms. The molecule has 0 bridgehead atoms. The van der Waals surface area contributed by atoms with Gasteiger partial charge in [-0.3, -0.25) is 0 Å². The van der Waals surface area contributed by atoms with Crippen molar-refractivity contribution in [1.29, 1.82) is 0 Å². The Labute approximate surface area is 188 Å². The van der Waals surface area contributed by atoms with Crippen LogP contribution in [0, 0.1) is 11.6 Å². The molecule has 4 aromatic rings. The number of hydrogen-bond donors (Lipinski definition) is 1. The molecule has 0 saturated heterocycles. The Balaban J connectivity index is 1.62. The minimum atomic E-state index is -0.555. The number of rotatable bonds is 3. The van der Waals surface area contributed by atoms with Gasteiger partial charge in [0.05, 0.1) is 12.8 Å². The van der Waals surface area contributed by atoms with Crippen LogP contribution in [0.3, 0.4) is 0 Å². The lowest BCUT2D eigenvalue weighted by Gasteiger charge is -2.39. The first-order chi connectivity index (χ1) is 16.1. The summed E-state index contributed by atoms with van der Waals surface area (Å²) < 4.78 is 41.1. The van der Waals surface area contributed by atoms with Crippen molar-refractivity contribution in [2.45, 2.75) is 12.1 Å². The van der Waals surface area contributed by atoms with Crippen molar-refractivity contribution in [2.75, 3.05) is 12.4 Å². The Hall–Kier alpha value is -4.20. The van der Waals surface area contributed by atoms with Gasteiger partial charge in [-0.2, -0.15) is 10.1 Å². The number of methoxy groups -OCH3 is 1. The van der Waals surface area contributed by atoms with E-state index in [0.717, 1.165) is 28.0 Å². The largest absolute Gasteiger partial charge is 0.497 e. The molecule has 2 aliphatic rings. The van der Waals surface area contributed by atoms with E-state index < -0.39 is 12.1 Å². The third kappa shape index (κ3) is 3.14. The van der Waals surface area contributed by atoms with Crippen LogP contribution in [-0.2, 0) is 0 Å². The molecule has 0 fully saturated rings. The number of halogens is 2. The molecule has 2 aliphatic heterocycles. The highest BCUT2D eigenvalue weighted by Crippen LogP contribution is 2.51. The summed E-state index contributed by atoms with van der Waals surface area (Å²) in [6.07, 6.45) is 0.917. The molecule has 0 saturated carbocycles. The first-order valence-corrected chi connectivity index (χ1v) is 10.4. The molecule has 3 heterocycles. The third-order valence-corrected chi connectivity index (χ3v) is 5.98. The zero-order valence-electron chi connectivity index (χ0n) is 17.5. The second kappa shape index (κ2) is 7.44. The summed E-state index contributed by atoms with van der Waals surface area (Å²) in [5.41, 5.74) is 4.12. The Morgan fingerprint density at radius 1 is 0.939 bits per heavy atom. The van der Waals surface area contributed by atoms with E-state index in [2.05, 4.69) is 15.4 Å². The Bertz CT molecular complexity index is 1380.